The molecule has 1 aromatic carbocycles. The van der Waals surface area contributed by atoms with Crippen LogP contribution in [0.25, 0.3) is 0 Å². The van der Waals surface area contributed by atoms with E-state index in [9.17, 15) is 4.79 Å². The average molecular weight is 1010 g/mol. The van der Waals surface area contributed by atoms with E-state index in [0.717, 1.165) is 25.8 Å². The number of hydrogen-bond acceptors (Lipinski definition) is 17. The Morgan fingerprint density at radius 3 is 1.42 bits per heavy atom. The van der Waals surface area contributed by atoms with Gasteiger partial charge in [0.2, 0.25) is 5.56 Å². The van der Waals surface area contributed by atoms with Crippen LogP contribution in [0, 0.1) is 0 Å². The maximum absolute atomic E-state index is 10.2. The van der Waals surface area contributed by atoms with Gasteiger partial charge < -0.3 is 23.7 Å². The van der Waals surface area contributed by atoms with E-state index in [4.69, 9.17) is 0 Å². The molecule has 3 N–H and O–H groups in total. The summed E-state index contributed by atoms with van der Waals surface area (Å²) in [6.07, 6.45) is 45.9. The predicted molar refractivity (Wildman–Crippen MR) is 290 cm³/mol. The third kappa shape index (κ3) is 53.7. The highest BCUT2D eigenvalue weighted by Gasteiger charge is 1.80. The van der Waals surface area contributed by atoms with Crippen molar-refractivity contribution >= 4 is 46.6 Å². The number of hydrogen-bond donors (Lipinski definition) is 3. The van der Waals surface area contributed by atoms with Gasteiger partial charge in [0, 0.05) is 66.8 Å². The molecule has 0 amide bonds. The molecule has 0 saturated heterocycles. The number of H-pyrrole nitrogens is 2. The van der Waals surface area contributed by atoms with Crippen LogP contribution in [0.2, 0.25) is 0 Å². The summed E-state index contributed by atoms with van der Waals surface area (Å²) in [5, 5.41) is 30.9. The van der Waals surface area contributed by atoms with Crippen LogP contribution in [0.1, 0.15) is 19.3 Å². The number of thiazole rings is 1. The van der Waals surface area contributed by atoms with Crippen LogP contribution in [0.3, 0.4) is 0 Å². The molecule has 0 spiro atoms. The van der Waals surface area contributed by atoms with Crippen LogP contribution in [0.5, 0.6) is 0 Å². The Labute approximate surface area is 426 Å². The van der Waals surface area contributed by atoms with Gasteiger partial charge in [-0.05, 0) is 96.3 Å². The highest BCUT2D eigenvalue weighted by molar-refractivity contribution is 7.07. The zero-order chi connectivity index (χ0) is 50.4. The van der Waals surface area contributed by atoms with Crippen molar-refractivity contribution in [1.29, 1.82) is 0 Å². The molecule has 13 rings (SSSR count). The summed E-state index contributed by atoms with van der Waals surface area (Å²) in [4.78, 5) is 23.8. The van der Waals surface area contributed by atoms with Crippen molar-refractivity contribution in [3.63, 3.8) is 0 Å². The van der Waals surface area contributed by atoms with E-state index in [1.54, 1.807) is 115 Å². The molecule has 9 aromatic heterocycles. The number of nitrogens with zero attached hydrogens (tertiary/aromatic N) is 9. The molecule has 11 heterocycles. The molecule has 0 bridgehead atoms. The van der Waals surface area contributed by atoms with Gasteiger partial charge in [0.15, 0.2) is 6.39 Å². The van der Waals surface area contributed by atoms with E-state index >= 15 is 0 Å². The lowest BCUT2D eigenvalue weighted by Gasteiger charge is -1.94. The van der Waals surface area contributed by atoms with E-state index in [1.165, 1.54) is 36.5 Å². The average Bonchev–Trinajstić information content (AvgIpc) is 4.33. The minimum atomic E-state index is -0.0532. The molecule has 19 heteroatoms. The van der Waals surface area contributed by atoms with Crippen LogP contribution < -0.4 is 10.9 Å². The molecule has 0 atom stereocenters. The first-order valence-electron chi connectivity index (χ1n) is 21.3. The fraction of sp³-hybridized carbons (Fsp3) is 0.0769. The first kappa shape index (κ1) is 60.2. The van der Waals surface area contributed by atoms with Gasteiger partial charge in [-0.2, -0.15) is 37.0 Å². The normalized spacial score (nSPS) is 10.4. The number of pyridine rings is 2. The Morgan fingerprint density at radius 1 is 0.521 bits per heavy atom. The fourth-order valence-corrected chi connectivity index (χ4v) is 4.71. The largest absolute Gasteiger partial charge is 0.473 e. The van der Waals surface area contributed by atoms with Gasteiger partial charge in [-0.3, -0.25) is 14.8 Å². The number of nitrogens with one attached hydrogen (secondary N) is 3. The van der Waals surface area contributed by atoms with Crippen molar-refractivity contribution in [2.75, 3.05) is 6.54 Å². The van der Waals surface area contributed by atoms with Crippen molar-refractivity contribution in [3.8, 4) is 0 Å². The molecular formula is C52H58N12O4S3. The number of aromatic amines is 2. The van der Waals surface area contributed by atoms with Gasteiger partial charge in [-0.15, -0.1) is 11.3 Å². The predicted octanol–water partition coefficient (Wildman–Crippen LogP) is 12.6. The minimum Gasteiger partial charge on any atom is -0.473 e. The zero-order valence-electron chi connectivity index (χ0n) is 38.8. The van der Waals surface area contributed by atoms with E-state index in [0.29, 0.717) is 0 Å². The lowest BCUT2D eigenvalue weighted by atomic mass is 10.3. The highest BCUT2D eigenvalue weighted by Crippen LogP contribution is 1.93. The second kappa shape index (κ2) is 55.5. The van der Waals surface area contributed by atoms with Gasteiger partial charge in [0.05, 0.1) is 42.8 Å². The van der Waals surface area contributed by atoms with Crippen molar-refractivity contribution in [2.24, 2.45) is 10.2 Å². The summed E-state index contributed by atoms with van der Waals surface area (Å²) < 4.78 is 17.2. The molecule has 3 aliphatic rings. The molecule has 2 aliphatic heterocycles. The SMILES string of the molecule is C1=CCC=C1.C1=CCNC=C1.C1=NN=CCC1.O=c1cccc[nH]1.c1ccccc1.c1ccncc1.c1ccoc1.c1ccsc1.c1cn[nH]n1.c1cnoc1.c1cnsc1.c1cocn1.c1cscn1. The molecule has 0 saturated carbocycles. The minimum absolute atomic E-state index is 0.0532. The van der Waals surface area contributed by atoms with Crippen molar-refractivity contribution < 1.29 is 13.4 Å². The number of furan rings is 1. The quantitative estimate of drug-likeness (QED) is 0.129. The molecule has 16 nitrogen and oxygen atoms in total. The summed E-state index contributed by atoms with van der Waals surface area (Å²) >= 11 is 4.78. The van der Waals surface area contributed by atoms with Crippen LogP contribution >= 0.6 is 34.2 Å². The van der Waals surface area contributed by atoms with Gasteiger partial charge in [0.1, 0.15) is 12.5 Å². The van der Waals surface area contributed by atoms with Gasteiger partial charge in [0.25, 0.3) is 0 Å². The smallest absolute Gasteiger partial charge is 0.247 e. The molecule has 10 aromatic rings. The number of allylic oxidation sites excluding steroid dienone is 6. The number of aromatic nitrogens is 9. The number of dihydropyridines is 1. The monoisotopic (exact) mass is 1010 g/mol. The molecule has 368 valence electrons. The van der Waals surface area contributed by atoms with Crippen LogP contribution in [-0.2, 0) is 0 Å². The maximum Gasteiger partial charge on any atom is 0.247 e. The van der Waals surface area contributed by atoms with Crippen LogP contribution in [0.4, 0.5) is 0 Å². The Morgan fingerprint density at radius 2 is 1.23 bits per heavy atom. The lowest BCUT2D eigenvalue weighted by Crippen LogP contribution is -2.05. The summed E-state index contributed by atoms with van der Waals surface area (Å²) in [6, 6.07) is 34.0. The third-order valence-corrected chi connectivity index (χ3v) is 8.16. The van der Waals surface area contributed by atoms with Crippen molar-refractivity contribution in [1.82, 2.24) is 50.2 Å². The molecule has 0 unspecified atom stereocenters. The van der Waals surface area contributed by atoms with Gasteiger partial charge in [-0.1, -0.05) is 102 Å². The van der Waals surface area contributed by atoms with E-state index in [-0.39, 0.29) is 5.56 Å². The highest BCUT2D eigenvalue weighted by atomic mass is 32.1. The topological polar surface area (TPSA) is 215 Å². The third-order valence-electron chi connectivity index (χ3n) is 6.49. The van der Waals surface area contributed by atoms with Gasteiger partial charge >= 0.3 is 0 Å². The first-order chi connectivity index (χ1) is 35.4. The van der Waals surface area contributed by atoms with Gasteiger partial charge in [-0.25, -0.2) is 9.36 Å². The number of thiophene rings is 1. The Bertz CT molecular complexity index is 2000. The zero-order valence-corrected chi connectivity index (χ0v) is 41.3. The second-order valence-electron chi connectivity index (χ2n) is 11.8. The van der Waals surface area contributed by atoms with Crippen LogP contribution in [-0.4, -0.2) is 63.9 Å². The summed E-state index contributed by atoms with van der Waals surface area (Å²) in [5.41, 5.74) is 1.74. The molecule has 0 fully saturated rings. The standard InChI is InChI=1S/C6H6.C5H5NO.C5H7N.C5H5N.C5H6.C4H6N2.C4H4O.C4H4S.2C3H3NO.2C3H3NS.C2H3N3/c1-2-4-6-5-3-1;7-5-3-1-2-4-6-5;2*1-2-4-6-5-3-1;1-2-4-5-3-1;1-2-4-6-5-3-1;2*1-2-4-5-3-1;1-2-5-3-4-1;1-2-4-5-3-1;1-2-5-3-4-1;2*1-2-4-5-3-1/h1-6H;1-4H,(H,6,7);1-4,6H,5H2;1-5H;1-4H,5H2;3-4H,1-2H2;2*1-4H;4*1-3H;1-2H,(H,3,4,5). The van der Waals surface area contributed by atoms with Crippen LogP contribution in [0.15, 0.2) is 301 Å². The number of rotatable bonds is 0. The maximum atomic E-state index is 10.2. The van der Waals surface area contributed by atoms with E-state index in [1.807, 2.05) is 137 Å². The molecule has 0 radical (unpaired) electrons. The molecule has 1 aliphatic carbocycles. The van der Waals surface area contributed by atoms with E-state index in [2.05, 4.69) is 104 Å². The Hall–Kier alpha value is -8.78. The van der Waals surface area contributed by atoms with E-state index < -0.39 is 0 Å². The number of oxazole rings is 1. The Balaban J connectivity index is 0.000000385. The first-order valence-corrected chi connectivity index (χ1v) is 24.1. The lowest BCUT2D eigenvalue weighted by molar-refractivity contribution is 0.420. The van der Waals surface area contributed by atoms with Crippen molar-refractivity contribution in [3.05, 3.63) is 283 Å². The Kier molecular flexibility index (Phi) is 47.1. The summed E-state index contributed by atoms with van der Waals surface area (Å²) in [5.74, 6) is 0. The fourth-order valence-electron chi connectivity index (χ4n) is 3.56. The molecular weight excluding hydrogens is 953 g/mol. The second-order valence-corrected chi connectivity index (χ2v) is 14.1. The number of benzene rings is 1. The summed E-state index contributed by atoms with van der Waals surface area (Å²) in [6.45, 7) is 0.983. The molecule has 71 heavy (non-hydrogen) atoms. The summed E-state index contributed by atoms with van der Waals surface area (Å²) in [7, 11) is 0. The van der Waals surface area contributed by atoms with Crippen molar-refractivity contribution in [2.45, 2.75) is 19.3 Å².